The van der Waals surface area contributed by atoms with E-state index in [0.717, 1.165) is 64.6 Å². The highest BCUT2D eigenvalue weighted by atomic mass is 32.1. The van der Waals surface area contributed by atoms with Gasteiger partial charge in [0, 0.05) is 53.4 Å². The number of thiophene rings is 1. The molecule has 1 fully saturated rings. The summed E-state index contributed by atoms with van der Waals surface area (Å²) in [6.45, 7) is 10.5. The van der Waals surface area contributed by atoms with Gasteiger partial charge in [0.2, 0.25) is 5.95 Å². The lowest BCUT2D eigenvalue weighted by Crippen LogP contribution is -2.35. The molecule has 1 aliphatic heterocycles. The third-order valence-electron chi connectivity index (χ3n) is 5.94. The first-order chi connectivity index (χ1) is 16.8. The Hall–Kier alpha value is -3.34. The molecule has 0 spiro atoms. The third kappa shape index (κ3) is 5.04. The molecule has 0 saturated carbocycles. The number of morpholine rings is 1. The summed E-state index contributed by atoms with van der Waals surface area (Å²) in [6.07, 6.45) is 2.24. The van der Waals surface area contributed by atoms with Crippen LogP contribution in [-0.2, 0) is 16.7 Å². The lowest BCUT2D eigenvalue weighted by atomic mass is 9.88. The molecule has 4 aromatic rings. The average molecular weight is 493 g/mol. The fourth-order valence-electron chi connectivity index (χ4n) is 4.14. The number of aromatic nitrogens is 4. The van der Waals surface area contributed by atoms with E-state index in [1.807, 2.05) is 38.3 Å². The van der Waals surface area contributed by atoms with Crippen molar-refractivity contribution < 1.29 is 14.6 Å². The van der Waals surface area contributed by atoms with Crippen LogP contribution in [0.25, 0.3) is 21.3 Å². The number of hydrogen-bond donors (Lipinski definition) is 2. The van der Waals surface area contributed by atoms with E-state index in [2.05, 4.69) is 32.4 Å². The molecule has 1 saturated heterocycles. The molecule has 0 aliphatic carbocycles. The number of carboxylic acid groups (broad SMARTS) is 1. The molecular formula is C25H28N6O3S. The zero-order valence-electron chi connectivity index (χ0n) is 20.0. The van der Waals surface area contributed by atoms with E-state index in [4.69, 9.17) is 9.72 Å². The molecule has 0 unspecified atom stereocenters. The van der Waals surface area contributed by atoms with Crippen LogP contribution in [0.4, 0.5) is 16.4 Å². The van der Waals surface area contributed by atoms with Crippen molar-refractivity contribution in [2.45, 2.75) is 32.7 Å². The number of fused-ring (bicyclic) bond motifs is 1. The van der Waals surface area contributed by atoms with Crippen LogP contribution >= 0.6 is 11.3 Å². The van der Waals surface area contributed by atoms with Crippen molar-refractivity contribution >= 4 is 39.3 Å². The quantitative estimate of drug-likeness (QED) is 0.403. The number of ether oxygens (including phenoxy) is 1. The molecule has 1 aromatic carbocycles. The first-order valence-electron chi connectivity index (χ1n) is 11.5. The summed E-state index contributed by atoms with van der Waals surface area (Å²) in [4.78, 5) is 23.2. The first kappa shape index (κ1) is 23.4. The monoisotopic (exact) mass is 492 g/mol. The van der Waals surface area contributed by atoms with Crippen LogP contribution in [0.1, 0.15) is 32.0 Å². The lowest BCUT2D eigenvalue weighted by molar-refractivity contribution is 0.0342. The van der Waals surface area contributed by atoms with Crippen molar-refractivity contribution in [3.8, 4) is 11.1 Å². The Morgan fingerprint density at radius 1 is 1.17 bits per heavy atom. The molecule has 2 N–H and O–H groups in total. The van der Waals surface area contributed by atoms with Gasteiger partial charge in [0.15, 0.2) is 0 Å². The van der Waals surface area contributed by atoms with Crippen LogP contribution in [0.2, 0.25) is 0 Å². The maximum atomic E-state index is 11.6. The third-order valence-corrected chi connectivity index (χ3v) is 6.85. The van der Waals surface area contributed by atoms with Crippen LogP contribution in [0, 0.1) is 0 Å². The van der Waals surface area contributed by atoms with Crippen molar-refractivity contribution in [2.24, 2.45) is 0 Å². The van der Waals surface area contributed by atoms with Gasteiger partial charge in [-0.05, 0) is 17.7 Å². The Labute approximate surface area is 207 Å². The number of benzene rings is 1. The van der Waals surface area contributed by atoms with Gasteiger partial charge in [0.1, 0.15) is 0 Å². The summed E-state index contributed by atoms with van der Waals surface area (Å²) in [5, 5.41) is 19.1. The summed E-state index contributed by atoms with van der Waals surface area (Å²) in [5.41, 5.74) is 4.92. The van der Waals surface area contributed by atoms with E-state index in [9.17, 15) is 9.90 Å². The smallest absolute Gasteiger partial charge is 0.432 e. The van der Waals surface area contributed by atoms with Gasteiger partial charge in [-0.3, -0.25) is 4.90 Å². The number of hydrogen-bond acceptors (Lipinski definition) is 8. The molecule has 35 heavy (non-hydrogen) atoms. The largest absolute Gasteiger partial charge is 0.463 e. The Kier molecular flexibility index (Phi) is 6.26. The molecule has 0 bridgehead atoms. The normalized spacial score (nSPS) is 14.9. The fourth-order valence-corrected chi connectivity index (χ4v) is 5.01. The second-order valence-corrected chi connectivity index (χ2v) is 10.5. The maximum Gasteiger partial charge on any atom is 0.432 e. The van der Waals surface area contributed by atoms with Crippen molar-refractivity contribution in [1.29, 1.82) is 0 Å². The van der Waals surface area contributed by atoms with Gasteiger partial charge in [-0.1, -0.05) is 32.9 Å². The number of nitrogens with zero attached hydrogens (tertiary/aromatic N) is 5. The Balaban J connectivity index is 1.41. The molecule has 0 radical (unpaired) electrons. The molecule has 1 aliphatic rings. The van der Waals surface area contributed by atoms with Crippen LogP contribution in [0.15, 0.2) is 42.0 Å². The zero-order chi connectivity index (χ0) is 24.6. The highest BCUT2D eigenvalue weighted by Crippen LogP contribution is 2.38. The van der Waals surface area contributed by atoms with Crippen molar-refractivity contribution in [3.05, 3.63) is 53.3 Å². The predicted octanol–water partition coefficient (Wildman–Crippen LogP) is 4.95. The highest BCUT2D eigenvalue weighted by molar-refractivity contribution is 7.17. The molecule has 0 amide bonds. The minimum atomic E-state index is -1.12. The Morgan fingerprint density at radius 2 is 1.91 bits per heavy atom. The van der Waals surface area contributed by atoms with Gasteiger partial charge in [0.25, 0.3) is 0 Å². The topological polar surface area (TPSA) is 105 Å². The van der Waals surface area contributed by atoms with Gasteiger partial charge < -0.3 is 15.2 Å². The van der Waals surface area contributed by atoms with E-state index < -0.39 is 6.09 Å². The summed E-state index contributed by atoms with van der Waals surface area (Å²) in [7, 11) is 0. The van der Waals surface area contributed by atoms with E-state index >= 15 is 0 Å². The van der Waals surface area contributed by atoms with Gasteiger partial charge >= 0.3 is 6.09 Å². The van der Waals surface area contributed by atoms with E-state index in [-0.39, 0.29) is 5.41 Å². The molecule has 10 heteroatoms. The van der Waals surface area contributed by atoms with Crippen molar-refractivity contribution in [2.75, 3.05) is 31.6 Å². The number of nitrogens with one attached hydrogen (secondary N) is 1. The molecule has 5 rings (SSSR count). The molecule has 0 atom stereocenters. The lowest BCUT2D eigenvalue weighted by Gasteiger charge is -2.26. The molecule has 3 aromatic heterocycles. The van der Waals surface area contributed by atoms with E-state index in [1.165, 1.54) is 16.9 Å². The SMILES string of the molecule is CC(C)(C)c1nn(C(=O)O)cc1-c1csc2cnc(Nc3ccc(CN4CCOCC4)cc3)nc12. The maximum absolute atomic E-state index is 11.6. The van der Waals surface area contributed by atoms with Crippen molar-refractivity contribution in [3.63, 3.8) is 0 Å². The number of rotatable bonds is 5. The Bertz CT molecular complexity index is 1350. The summed E-state index contributed by atoms with van der Waals surface area (Å²) in [5.74, 6) is 0.487. The standard InChI is InChI=1S/C25H28N6O3S/c1-25(2,3)22-18(14-31(29-22)24(32)33)19-15-35-20-12-26-23(28-21(19)20)27-17-6-4-16(5-7-17)13-30-8-10-34-11-9-30/h4-7,12,14-15H,8-11,13H2,1-3H3,(H,32,33)(H,26,27,28). The Morgan fingerprint density at radius 3 is 2.60 bits per heavy atom. The molecular weight excluding hydrogens is 464 g/mol. The van der Waals surface area contributed by atoms with E-state index in [1.54, 1.807) is 12.4 Å². The molecule has 182 valence electrons. The second-order valence-electron chi connectivity index (χ2n) is 9.63. The minimum Gasteiger partial charge on any atom is -0.463 e. The van der Waals surface area contributed by atoms with Crippen LogP contribution in [0.5, 0.6) is 0 Å². The number of anilines is 2. The fraction of sp³-hybridized carbons (Fsp3) is 0.360. The predicted molar refractivity (Wildman–Crippen MR) is 137 cm³/mol. The van der Waals surface area contributed by atoms with Gasteiger partial charge in [-0.2, -0.15) is 9.78 Å². The van der Waals surface area contributed by atoms with Gasteiger partial charge in [-0.15, -0.1) is 11.3 Å². The van der Waals surface area contributed by atoms with Crippen molar-refractivity contribution in [1.82, 2.24) is 24.6 Å². The first-order valence-corrected chi connectivity index (χ1v) is 12.4. The van der Waals surface area contributed by atoms with Gasteiger partial charge in [-0.25, -0.2) is 14.8 Å². The second kappa shape index (κ2) is 9.37. The van der Waals surface area contributed by atoms with Crippen LogP contribution < -0.4 is 5.32 Å². The molecule has 9 nitrogen and oxygen atoms in total. The summed E-state index contributed by atoms with van der Waals surface area (Å²) >= 11 is 1.53. The van der Waals surface area contributed by atoms with Gasteiger partial charge in [0.05, 0.1) is 35.3 Å². The molecule has 4 heterocycles. The zero-order valence-corrected chi connectivity index (χ0v) is 20.8. The van der Waals surface area contributed by atoms with E-state index in [0.29, 0.717) is 11.6 Å². The highest BCUT2D eigenvalue weighted by Gasteiger charge is 2.26. The van der Waals surface area contributed by atoms with Crippen LogP contribution in [0.3, 0.4) is 0 Å². The number of carbonyl (C=O) groups is 1. The summed E-state index contributed by atoms with van der Waals surface area (Å²) in [6, 6.07) is 8.30. The van der Waals surface area contributed by atoms with Crippen LogP contribution in [-0.4, -0.2) is 62.2 Å². The average Bonchev–Trinajstić information content (AvgIpc) is 3.45. The minimum absolute atomic E-state index is 0.332. The summed E-state index contributed by atoms with van der Waals surface area (Å²) < 4.78 is 7.32.